The van der Waals surface area contributed by atoms with Gasteiger partial charge in [-0.1, -0.05) is 12.8 Å². The fraction of sp³-hybridized carbons (Fsp3) is 0.909. The van der Waals surface area contributed by atoms with Gasteiger partial charge < -0.3 is 20.5 Å². The molecule has 3 N–H and O–H groups in total. The van der Waals surface area contributed by atoms with Gasteiger partial charge in [0.25, 0.3) is 0 Å². The highest BCUT2D eigenvalue weighted by Crippen LogP contribution is 2.18. The van der Waals surface area contributed by atoms with Crippen LogP contribution >= 0.6 is 0 Å². The van der Waals surface area contributed by atoms with Gasteiger partial charge in [-0.3, -0.25) is 4.79 Å². The van der Waals surface area contributed by atoms with Gasteiger partial charge >= 0.3 is 0 Å². The summed E-state index contributed by atoms with van der Waals surface area (Å²) in [6.07, 6.45) is 3.41. The van der Waals surface area contributed by atoms with E-state index in [1.54, 1.807) is 0 Å². The number of ether oxygens (including phenoxy) is 1. The SMILES string of the molecule is O=C(N[C@H]1CCCC[C@@H]1O)C1COCCN1. The third-order valence-electron chi connectivity index (χ3n) is 3.30. The Hall–Kier alpha value is -0.650. The zero-order valence-electron chi connectivity index (χ0n) is 9.45. The van der Waals surface area contributed by atoms with Gasteiger partial charge in [0.05, 0.1) is 25.4 Å². The first-order valence-corrected chi connectivity index (χ1v) is 6.07. The van der Waals surface area contributed by atoms with E-state index in [-0.39, 0.29) is 24.1 Å². The van der Waals surface area contributed by atoms with Crippen LogP contribution in [0.25, 0.3) is 0 Å². The normalized spacial score (nSPS) is 35.7. The van der Waals surface area contributed by atoms with Crippen LogP contribution in [-0.4, -0.2) is 49.0 Å². The third-order valence-corrected chi connectivity index (χ3v) is 3.30. The Balaban J connectivity index is 1.80. The van der Waals surface area contributed by atoms with Gasteiger partial charge in [-0.15, -0.1) is 0 Å². The molecule has 0 aromatic heterocycles. The number of morpholine rings is 1. The molecule has 5 heteroatoms. The van der Waals surface area contributed by atoms with Gasteiger partial charge in [0.2, 0.25) is 5.91 Å². The lowest BCUT2D eigenvalue weighted by molar-refractivity contribution is -0.127. The molecule has 5 nitrogen and oxygen atoms in total. The van der Waals surface area contributed by atoms with E-state index in [1.165, 1.54) is 0 Å². The minimum absolute atomic E-state index is 0.0503. The van der Waals surface area contributed by atoms with Crippen molar-refractivity contribution in [3.05, 3.63) is 0 Å². The van der Waals surface area contributed by atoms with Crippen LogP contribution in [0.15, 0.2) is 0 Å². The van der Waals surface area contributed by atoms with Crippen molar-refractivity contribution in [1.29, 1.82) is 0 Å². The molecule has 3 atom stereocenters. The molecule has 1 unspecified atom stereocenters. The van der Waals surface area contributed by atoms with Crippen LogP contribution < -0.4 is 10.6 Å². The Morgan fingerprint density at radius 3 is 2.88 bits per heavy atom. The Kier molecular flexibility index (Phi) is 4.15. The molecule has 0 spiro atoms. The summed E-state index contributed by atoms with van der Waals surface area (Å²) >= 11 is 0. The highest BCUT2D eigenvalue weighted by atomic mass is 16.5. The van der Waals surface area contributed by atoms with Crippen molar-refractivity contribution in [2.45, 2.75) is 43.9 Å². The number of carbonyl (C=O) groups is 1. The zero-order chi connectivity index (χ0) is 11.4. The Morgan fingerprint density at radius 2 is 2.19 bits per heavy atom. The lowest BCUT2D eigenvalue weighted by Gasteiger charge is -2.31. The molecule has 16 heavy (non-hydrogen) atoms. The summed E-state index contributed by atoms with van der Waals surface area (Å²) < 4.78 is 5.23. The third kappa shape index (κ3) is 2.93. The first kappa shape index (κ1) is 11.8. The number of aliphatic hydroxyl groups excluding tert-OH is 1. The molecule has 2 fully saturated rings. The Morgan fingerprint density at radius 1 is 1.38 bits per heavy atom. The highest BCUT2D eigenvalue weighted by Gasteiger charge is 2.28. The van der Waals surface area contributed by atoms with Gasteiger partial charge in [-0.05, 0) is 12.8 Å². The minimum Gasteiger partial charge on any atom is -0.391 e. The second-order valence-corrected chi connectivity index (χ2v) is 4.55. The number of nitrogens with one attached hydrogen (secondary N) is 2. The fourth-order valence-electron chi connectivity index (χ4n) is 2.30. The van der Waals surface area contributed by atoms with Crippen LogP contribution in [0.3, 0.4) is 0 Å². The molecule has 1 aliphatic heterocycles. The smallest absolute Gasteiger partial charge is 0.239 e. The molecule has 1 heterocycles. The number of amides is 1. The van der Waals surface area contributed by atoms with Crippen LogP contribution in [0.1, 0.15) is 25.7 Å². The minimum atomic E-state index is -0.387. The molecule has 0 aromatic rings. The monoisotopic (exact) mass is 228 g/mol. The summed E-state index contributed by atoms with van der Waals surface area (Å²) in [5, 5.41) is 15.8. The average molecular weight is 228 g/mol. The molecule has 0 bridgehead atoms. The molecular weight excluding hydrogens is 208 g/mol. The largest absolute Gasteiger partial charge is 0.391 e. The van der Waals surface area contributed by atoms with E-state index in [0.29, 0.717) is 19.8 Å². The van der Waals surface area contributed by atoms with Crippen molar-refractivity contribution in [2.75, 3.05) is 19.8 Å². The second-order valence-electron chi connectivity index (χ2n) is 4.55. The van der Waals surface area contributed by atoms with E-state index in [0.717, 1.165) is 25.7 Å². The van der Waals surface area contributed by atoms with Crippen molar-refractivity contribution in [2.24, 2.45) is 0 Å². The maximum atomic E-state index is 11.8. The highest BCUT2D eigenvalue weighted by molar-refractivity contribution is 5.82. The summed E-state index contributed by atoms with van der Waals surface area (Å²) in [6, 6.07) is -0.340. The van der Waals surface area contributed by atoms with E-state index in [9.17, 15) is 9.90 Å². The molecule has 1 saturated heterocycles. The molecule has 2 aliphatic rings. The van der Waals surface area contributed by atoms with Crippen LogP contribution in [0.2, 0.25) is 0 Å². The van der Waals surface area contributed by atoms with Crippen LogP contribution in [0, 0.1) is 0 Å². The van der Waals surface area contributed by atoms with Gasteiger partial charge in [0.1, 0.15) is 6.04 Å². The van der Waals surface area contributed by atoms with Crippen molar-refractivity contribution < 1.29 is 14.6 Å². The Labute approximate surface area is 95.5 Å². The predicted octanol–water partition coefficient (Wildman–Crippen LogP) is -0.605. The first-order chi connectivity index (χ1) is 7.77. The van der Waals surface area contributed by atoms with Crippen molar-refractivity contribution in [1.82, 2.24) is 10.6 Å². The fourth-order valence-corrected chi connectivity index (χ4v) is 2.30. The number of rotatable bonds is 2. The maximum Gasteiger partial charge on any atom is 0.239 e. The lowest BCUT2D eigenvalue weighted by atomic mass is 9.92. The van der Waals surface area contributed by atoms with Crippen LogP contribution in [0.4, 0.5) is 0 Å². The van der Waals surface area contributed by atoms with Crippen molar-refractivity contribution in [3.8, 4) is 0 Å². The average Bonchev–Trinajstić information content (AvgIpc) is 2.33. The molecule has 0 aromatic carbocycles. The van der Waals surface area contributed by atoms with Gasteiger partial charge in [0.15, 0.2) is 0 Å². The number of aliphatic hydroxyl groups is 1. The van der Waals surface area contributed by atoms with E-state index >= 15 is 0 Å². The molecule has 1 amide bonds. The van der Waals surface area contributed by atoms with Crippen LogP contribution in [-0.2, 0) is 9.53 Å². The number of carbonyl (C=O) groups excluding carboxylic acids is 1. The second kappa shape index (κ2) is 5.61. The summed E-state index contributed by atoms with van der Waals surface area (Å²) in [4.78, 5) is 11.8. The van der Waals surface area contributed by atoms with Gasteiger partial charge in [-0.2, -0.15) is 0 Å². The summed E-state index contributed by atoms with van der Waals surface area (Å²) in [5.41, 5.74) is 0. The quantitative estimate of drug-likeness (QED) is 0.590. The predicted molar refractivity (Wildman–Crippen MR) is 59.0 cm³/mol. The van der Waals surface area contributed by atoms with Crippen LogP contribution in [0.5, 0.6) is 0 Å². The van der Waals surface area contributed by atoms with Gasteiger partial charge in [0, 0.05) is 6.54 Å². The van der Waals surface area contributed by atoms with Crippen molar-refractivity contribution in [3.63, 3.8) is 0 Å². The number of hydrogen-bond donors (Lipinski definition) is 3. The molecule has 0 radical (unpaired) electrons. The Bertz CT molecular complexity index is 241. The van der Waals surface area contributed by atoms with Gasteiger partial charge in [-0.25, -0.2) is 0 Å². The molecular formula is C11H20N2O3. The summed E-state index contributed by atoms with van der Waals surface area (Å²) in [7, 11) is 0. The summed E-state index contributed by atoms with van der Waals surface area (Å²) in [6.45, 7) is 1.80. The maximum absolute atomic E-state index is 11.8. The number of hydrogen-bond acceptors (Lipinski definition) is 4. The molecule has 1 saturated carbocycles. The van der Waals surface area contributed by atoms with Crippen molar-refractivity contribution >= 4 is 5.91 Å². The van der Waals surface area contributed by atoms with E-state index in [2.05, 4.69) is 10.6 Å². The molecule has 1 aliphatic carbocycles. The standard InChI is InChI=1S/C11H20N2O3/c14-10-4-2-1-3-8(10)13-11(15)9-7-16-6-5-12-9/h8-10,12,14H,1-7H2,(H,13,15)/t8-,9?,10-/m0/s1. The summed E-state index contributed by atoms with van der Waals surface area (Å²) in [5.74, 6) is -0.0503. The first-order valence-electron chi connectivity index (χ1n) is 6.07. The molecule has 2 rings (SSSR count). The topological polar surface area (TPSA) is 70.6 Å². The van der Waals surface area contributed by atoms with E-state index in [4.69, 9.17) is 4.74 Å². The van der Waals surface area contributed by atoms with E-state index < -0.39 is 0 Å². The lowest BCUT2D eigenvalue weighted by Crippen LogP contribution is -2.55. The van der Waals surface area contributed by atoms with E-state index in [1.807, 2.05) is 0 Å². The zero-order valence-corrected chi connectivity index (χ0v) is 9.45. The molecule has 92 valence electrons.